The molecule has 3 rings (SSSR count). The second-order valence-corrected chi connectivity index (χ2v) is 6.67. The van der Waals surface area contributed by atoms with Gasteiger partial charge in [-0.3, -0.25) is 14.5 Å². The maximum absolute atomic E-state index is 12.6. The molecule has 0 aliphatic carbocycles. The zero-order chi connectivity index (χ0) is 19.2. The Morgan fingerprint density at radius 2 is 2.11 bits per heavy atom. The van der Waals surface area contributed by atoms with E-state index < -0.39 is 0 Å². The lowest BCUT2D eigenvalue weighted by Crippen LogP contribution is -2.33. The first-order valence-corrected chi connectivity index (χ1v) is 8.91. The van der Waals surface area contributed by atoms with Crippen molar-refractivity contribution in [1.29, 1.82) is 0 Å². The zero-order valence-corrected chi connectivity index (χ0v) is 15.8. The Morgan fingerprint density at radius 1 is 1.26 bits per heavy atom. The molecule has 1 atom stereocenters. The number of rotatable bonds is 7. The van der Waals surface area contributed by atoms with Crippen molar-refractivity contribution in [2.75, 3.05) is 19.0 Å². The molecule has 0 saturated heterocycles. The van der Waals surface area contributed by atoms with Gasteiger partial charge in [0.25, 0.3) is 5.91 Å². The molecule has 2 heterocycles. The van der Waals surface area contributed by atoms with Gasteiger partial charge >= 0.3 is 0 Å². The lowest BCUT2D eigenvalue weighted by atomic mass is 10.1. The van der Waals surface area contributed by atoms with Gasteiger partial charge in [0.05, 0.1) is 18.1 Å². The Balaban J connectivity index is 1.67. The van der Waals surface area contributed by atoms with Crippen molar-refractivity contribution in [1.82, 2.24) is 25.1 Å². The molecule has 0 unspecified atom stereocenters. The topological polar surface area (TPSA) is 75.9 Å². The SMILES string of the molecule is C[C@@H](CCn1cccn1)NC(=O)c1cccc(-c2cncc(N(C)C)n2)c1. The number of anilines is 1. The third-order valence-corrected chi connectivity index (χ3v) is 4.23. The van der Waals surface area contributed by atoms with E-state index in [1.165, 1.54) is 0 Å². The number of hydrogen-bond donors (Lipinski definition) is 1. The lowest BCUT2D eigenvalue weighted by molar-refractivity contribution is 0.0937. The highest BCUT2D eigenvalue weighted by molar-refractivity contribution is 5.95. The lowest BCUT2D eigenvalue weighted by Gasteiger charge is -2.15. The minimum absolute atomic E-state index is 0.0437. The zero-order valence-electron chi connectivity index (χ0n) is 15.8. The highest BCUT2D eigenvalue weighted by atomic mass is 16.1. The molecule has 27 heavy (non-hydrogen) atoms. The molecule has 7 heteroatoms. The number of aromatic nitrogens is 4. The van der Waals surface area contributed by atoms with Gasteiger partial charge in [0.15, 0.2) is 0 Å². The highest BCUT2D eigenvalue weighted by Gasteiger charge is 2.12. The fourth-order valence-electron chi connectivity index (χ4n) is 2.67. The molecule has 7 nitrogen and oxygen atoms in total. The second kappa shape index (κ2) is 8.44. The molecule has 1 amide bonds. The Bertz CT molecular complexity index is 891. The molecule has 0 fully saturated rings. The first-order chi connectivity index (χ1) is 13.0. The average molecular weight is 364 g/mol. The van der Waals surface area contributed by atoms with E-state index in [4.69, 9.17) is 0 Å². The number of nitrogens with one attached hydrogen (secondary N) is 1. The van der Waals surface area contributed by atoms with E-state index in [2.05, 4.69) is 20.4 Å². The van der Waals surface area contributed by atoms with Crippen molar-refractivity contribution < 1.29 is 4.79 Å². The van der Waals surface area contributed by atoms with Crippen LogP contribution in [0.4, 0.5) is 5.82 Å². The van der Waals surface area contributed by atoms with Gasteiger partial charge in [-0.2, -0.15) is 5.10 Å². The van der Waals surface area contributed by atoms with Crippen LogP contribution in [0, 0.1) is 0 Å². The fraction of sp³-hybridized carbons (Fsp3) is 0.300. The molecule has 0 radical (unpaired) electrons. The number of aryl methyl sites for hydroxylation is 1. The van der Waals surface area contributed by atoms with Crippen molar-refractivity contribution in [2.45, 2.75) is 25.9 Å². The first-order valence-electron chi connectivity index (χ1n) is 8.91. The number of nitrogens with zero attached hydrogens (tertiary/aromatic N) is 5. The molecular weight excluding hydrogens is 340 g/mol. The minimum Gasteiger partial charge on any atom is -0.361 e. The number of carbonyl (C=O) groups is 1. The van der Waals surface area contributed by atoms with E-state index in [0.717, 1.165) is 30.0 Å². The minimum atomic E-state index is -0.0958. The van der Waals surface area contributed by atoms with Crippen LogP contribution in [0.1, 0.15) is 23.7 Å². The molecule has 140 valence electrons. The summed E-state index contributed by atoms with van der Waals surface area (Å²) in [6.45, 7) is 2.76. The first kappa shape index (κ1) is 18.6. The molecule has 0 bridgehead atoms. The summed E-state index contributed by atoms with van der Waals surface area (Å²) in [6.07, 6.45) is 7.89. The van der Waals surface area contributed by atoms with E-state index >= 15 is 0 Å². The van der Waals surface area contributed by atoms with Crippen LogP contribution in [-0.4, -0.2) is 45.8 Å². The quantitative estimate of drug-likeness (QED) is 0.697. The largest absolute Gasteiger partial charge is 0.361 e. The number of carbonyl (C=O) groups excluding carboxylic acids is 1. The van der Waals surface area contributed by atoms with Gasteiger partial charge in [0.2, 0.25) is 0 Å². The van der Waals surface area contributed by atoms with E-state index in [9.17, 15) is 4.79 Å². The summed E-state index contributed by atoms with van der Waals surface area (Å²) >= 11 is 0. The van der Waals surface area contributed by atoms with Gasteiger partial charge in [-0.15, -0.1) is 0 Å². The Hall–Kier alpha value is -3.22. The van der Waals surface area contributed by atoms with Crippen LogP contribution in [0.15, 0.2) is 55.1 Å². The Kier molecular flexibility index (Phi) is 5.80. The molecule has 1 aromatic carbocycles. The highest BCUT2D eigenvalue weighted by Crippen LogP contribution is 2.20. The van der Waals surface area contributed by atoms with Gasteiger partial charge in [-0.1, -0.05) is 12.1 Å². The molecule has 3 aromatic rings. The van der Waals surface area contributed by atoms with E-state index in [1.54, 1.807) is 18.6 Å². The van der Waals surface area contributed by atoms with E-state index in [-0.39, 0.29) is 11.9 Å². The summed E-state index contributed by atoms with van der Waals surface area (Å²) in [5.41, 5.74) is 2.21. The van der Waals surface area contributed by atoms with Gasteiger partial charge in [-0.05, 0) is 31.5 Å². The molecule has 2 aromatic heterocycles. The molecule has 0 saturated carbocycles. The summed E-state index contributed by atoms with van der Waals surface area (Å²) in [7, 11) is 3.84. The van der Waals surface area contributed by atoms with Crippen LogP contribution in [0.5, 0.6) is 0 Å². The molecule has 1 N–H and O–H groups in total. The Morgan fingerprint density at radius 3 is 2.85 bits per heavy atom. The van der Waals surface area contributed by atoms with Crippen molar-refractivity contribution in [2.24, 2.45) is 0 Å². The third kappa shape index (κ3) is 4.91. The summed E-state index contributed by atoms with van der Waals surface area (Å²) in [5, 5.41) is 7.22. The third-order valence-electron chi connectivity index (χ3n) is 4.23. The predicted molar refractivity (Wildman–Crippen MR) is 106 cm³/mol. The van der Waals surface area contributed by atoms with Crippen LogP contribution in [-0.2, 0) is 6.54 Å². The van der Waals surface area contributed by atoms with Crippen LogP contribution in [0.3, 0.4) is 0 Å². The van der Waals surface area contributed by atoms with Gasteiger partial charge in [-0.25, -0.2) is 4.98 Å². The van der Waals surface area contributed by atoms with Gasteiger partial charge in [0, 0.05) is 50.2 Å². The summed E-state index contributed by atoms with van der Waals surface area (Å²) in [4.78, 5) is 23.3. The fourth-order valence-corrected chi connectivity index (χ4v) is 2.67. The number of benzene rings is 1. The smallest absolute Gasteiger partial charge is 0.251 e. The van der Waals surface area contributed by atoms with Crippen molar-refractivity contribution in [3.8, 4) is 11.3 Å². The summed E-state index contributed by atoms with van der Waals surface area (Å²) < 4.78 is 1.86. The van der Waals surface area contributed by atoms with Crippen LogP contribution < -0.4 is 10.2 Å². The van der Waals surface area contributed by atoms with E-state index in [1.807, 2.05) is 67.1 Å². The van der Waals surface area contributed by atoms with Gasteiger partial charge < -0.3 is 10.2 Å². The van der Waals surface area contributed by atoms with Crippen LogP contribution in [0.25, 0.3) is 11.3 Å². The summed E-state index contributed by atoms with van der Waals surface area (Å²) in [6, 6.07) is 9.39. The predicted octanol–water partition coefficient (Wildman–Crippen LogP) is 2.61. The number of hydrogen-bond acceptors (Lipinski definition) is 5. The molecule has 0 aliphatic rings. The maximum atomic E-state index is 12.6. The van der Waals surface area contributed by atoms with E-state index in [0.29, 0.717) is 5.56 Å². The summed E-state index contributed by atoms with van der Waals surface area (Å²) in [5.74, 6) is 0.677. The van der Waals surface area contributed by atoms with Crippen LogP contribution >= 0.6 is 0 Å². The number of amides is 1. The second-order valence-electron chi connectivity index (χ2n) is 6.67. The normalized spacial score (nSPS) is 11.8. The Labute approximate surface area is 159 Å². The maximum Gasteiger partial charge on any atom is 0.251 e. The van der Waals surface area contributed by atoms with Crippen molar-refractivity contribution in [3.05, 3.63) is 60.7 Å². The van der Waals surface area contributed by atoms with Crippen molar-refractivity contribution >= 4 is 11.7 Å². The molecule has 0 aliphatic heterocycles. The molecule has 0 spiro atoms. The van der Waals surface area contributed by atoms with Gasteiger partial charge in [0.1, 0.15) is 5.82 Å². The molecular formula is C20H24N6O. The monoisotopic (exact) mass is 364 g/mol. The van der Waals surface area contributed by atoms with Crippen LogP contribution in [0.2, 0.25) is 0 Å². The van der Waals surface area contributed by atoms with Crippen molar-refractivity contribution in [3.63, 3.8) is 0 Å². The average Bonchev–Trinajstić information content (AvgIpc) is 3.20. The standard InChI is InChI=1S/C20H24N6O/c1-15(8-11-26-10-5-9-22-26)23-20(27)17-7-4-6-16(12-17)18-13-21-14-19(24-18)25(2)3/h4-7,9-10,12-15H,8,11H2,1-3H3,(H,23,27)/t15-/m0/s1.